The van der Waals surface area contributed by atoms with Gasteiger partial charge in [0.15, 0.2) is 0 Å². The molecule has 0 atom stereocenters. The molecule has 3 rings (SSSR count). The summed E-state index contributed by atoms with van der Waals surface area (Å²) in [6, 6.07) is 11.0. The number of imidazole rings is 1. The van der Waals surface area contributed by atoms with Gasteiger partial charge < -0.3 is 4.57 Å². The van der Waals surface area contributed by atoms with Gasteiger partial charge in [0.25, 0.3) is 0 Å². The molecule has 114 valence electrons. The Bertz CT molecular complexity index is 868. The lowest BCUT2D eigenvalue weighted by Crippen LogP contribution is -2.23. The van der Waals surface area contributed by atoms with Crippen LogP contribution in [-0.4, -0.2) is 18.0 Å². The minimum atomic E-state index is -3.47. The van der Waals surface area contributed by atoms with Crippen molar-refractivity contribution in [3.05, 3.63) is 65.6 Å². The number of nitrogens with zero attached hydrogens (tertiary/aromatic N) is 2. The SMILES string of the molecule is Cc1nccn1-c1ccccc1CNS(=O)(=O)c1cccs1. The Hall–Kier alpha value is -1.96. The van der Waals surface area contributed by atoms with Crippen LogP contribution in [0.3, 0.4) is 0 Å². The molecule has 0 radical (unpaired) electrons. The Morgan fingerprint density at radius 1 is 1.23 bits per heavy atom. The lowest BCUT2D eigenvalue weighted by molar-refractivity contribution is 0.583. The number of aromatic nitrogens is 2. The van der Waals surface area contributed by atoms with Crippen molar-refractivity contribution in [2.24, 2.45) is 0 Å². The number of hydrogen-bond acceptors (Lipinski definition) is 4. The van der Waals surface area contributed by atoms with Crippen molar-refractivity contribution in [2.45, 2.75) is 17.7 Å². The molecule has 0 bridgehead atoms. The molecule has 0 saturated carbocycles. The van der Waals surface area contributed by atoms with Gasteiger partial charge in [-0.1, -0.05) is 24.3 Å². The normalized spacial score (nSPS) is 11.7. The molecular weight excluding hydrogens is 318 g/mol. The number of benzene rings is 1. The monoisotopic (exact) mass is 333 g/mol. The molecule has 7 heteroatoms. The lowest BCUT2D eigenvalue weighted by atomic mass is 10.2. The fourth-order valence-electron chi connectivity index (χ4n) is 2.19. The molecule has 2 aromatic heterocycles. The first kappa shape index (κ1) is 15.0. The van der Waals surface area contributed by atoms with E-state index in [2.05, 4.69) is 9.71 Å². The zero-order valence-electron chi connectivity index (χ0n) is 11.9. The van der Waals surface area contributed by atoms with Gasteiger partial charge in [-0.3, -0.25) is 0 Å². The molecule has 1 N–H and O–H groups in total. The molecule has 0 amide bonds. The van der Waals surface area contributed by atoms with Crippen molar-refractivity contribution in [3.63, 3.8) is 0 Å². The molecule has 0 aliphatic heterocycles. The second kappa shape index (κ2) is 6.04. The van der Waals surface area contributed by atoms with Crippen LogP contribution in [0.15, 0.2) is 58.4 Å². The minimum Gasteiger partial charge on any atom is -0.304 e. The van der Waals surface area contributed by atoms with E-state index in [0.29, 0.717) is 4.21 Å². The first-order chi connectivity index (χ1) is 10.6. The third kappa shape index (κ3) is 2.96. The molecule has 22 heavy (non-hydrogen) atoms. The van der Waals surface area contributed by atoms with Crippen LogP contribution in [0.25, 0.3) is 5.69 Å². The standard InChI is InChI=1S/C15H15N3O2S2/c1-12-16-8-9-18(12)14-6-3-2-5-13(14)11-17-22(19,20)15-7-4-10-21-15/h2-10,17H,11H2,1H3. The zero-order valence-corrected chi connectivity index (χ0v) is 13.6. The van der Waals surface area contributed by atoms with Crippen LogP contribution >= 0.6 is 11.3 Å². The van der Waals surface area contributed by atoms with Crippen LogP contribution in [0.4, 0.5) is 0 Å². The van der Waals surface area contributed by atoms with E-state index in [-0.39, 0.29) is 6.54 Å². The van der Waals surface area contributed by atoms with Crippen LogP contribution in [0.5, 0.6) is 0 Å². The summed E-state index contributed by atoms with van der Waals surface area (Å²) in [4.78, 5) is 4.21. The number of para-hydroxylation sites is 1. The molecule has 0 fully saturated rings. The van der Waals surface area contributed by atoms with Gasteiger partial charge in [0.1, 0.15) is 10.0 Å². The summed E-state index contributed by atoms with van der Waals surface area (Å²) in [5.74, 6) is 0.855. The fraction of sp³-hybridized carbons (Fsp3) is 0.133. The predicted octanol–water partition coefficient (Wildman–Crippen LogP) is 2.72. The summed E-state index contributed by atoms with van der Waals surface area (Å²) in [6.45, 7) is 2.14. The number of hydrogen-bond donors (Lipinski definition) is 1. The number of thiophene rings is 1. The van der Waals surface area contributed by atoms with E-state index >= 15 is 0 Å². The maximum Gasteiger partial charge on any atom is 0.250 e. The summed E-state index contributed by atoms with van der Waals surface area (Å²) >= 11 is 1.20. The number of sulfonamides is 1. The Labute approximate surface area is 133 Å². The third-order valence-corrected chi connectivity index (χ3v) is 6.09. The molecule has 0 aliphatic rings. The van der Waals surface area contributed by atoms with Crippen molar-refractivity contribution in [1.82, 2.24) is 14.3 Å². The van der Waals surface area contributed by atoms with Crippen molar-refractivity contribution < 1.29 is 8.42 Å². The molecule has 0 unspecified atom stereocenters. The molecule has 0 aliphatic carbocycles. The van der Waals surface area contributed by atoms with Crippen molar-refractivity contribution in [3.8, 4) is 5.69 Å². The van der Waals surface area contributed by atoms with Gasteiger partial charge in [0.05, 0.1) is 5.69 Å². The van der Waals surface area contributed by atoms with Crippen LogP contribution < -0.4 is 4.72 Å². The third-order valence-electron chi connectivity index (χ3n) is 3.29. The highest BCUT2D eigenvalue weighted by Gasteiger charge is 2.15. The topological polar surface area (TPSA) is 64.0 Å². The van der Waals surface area contributed by atoms with Gasteiger partial charge in [-0.05, 0) is 30.0 Å². The summed E-state index contributed by atoms with van der Waals surface area (Å²) < 4.78 is 29.3. The largest absolute Gasteiger partial charge is 0.304 e. The van der Waals surface area contributed by atoms with Gasteiger partial charge in [-0.2, -0.15) is 0 Å². The van der Waals surface area contributed by atoms with Gasteiger partial charge in [0.2, 0.25) is 10.0 Å². The molecule has 1 aromatic carbocycles. The van der Waals surface area contributed by atoms with E-state index in [1.807, 2.05) is 42.0 Å². The Kier molecular flexibility index (Phi) is 4.10. The molecule has 0 saturated heterocycles. The minimum absolute atomic E-state index is 0.230. The Morgan fingerprint density at radius 2 is 2.05 bits per heavy atom. The fourth-order valence-corrected chi connectivity index (χ4v) is 4.23. The second-order valence-corrected chi connectivity index (χ2v) is 7.67. The molecular formula is C15H15N3O2S2. The lowest BCUT2D eigenvalue weighted by Gasteiger charge is -2.12. The van der Waals surface area contributed by atoms with Crippen LogP contribution in [0.2, 0.25) is 0 Å². The van der Waals surface area contributed by atoms with Gasteiger partial charge >= 0.3 is 0 Å². The predicted molar refractivity (Wildman–Crippen MR) is 86.6 cm³/mol. The van der Waals surface area contributed by atoms with Crippen molar-refractivity contribution >= 4 is 21.4 Å². The van der Waals surface area contributed by atoms with E-state index < -0.39 is 10.0 Å². The second-order valence-electron chi connectivity index (χ2n) is 4.73. The number of nitrogens with one attached hydrogen (secondary N) is 1. The summed E-state index contributed by atoms with van der Waals surface area (Å²) in [6.07, 6.45) is 3.59. The average Bonchev–Trinajstić information content (AvgIpc) is 3.17. The van der Waals surface area contributed by atoms with E-state index in [0.717, 1.165) is 17.1 Å². The summed E-state index contributed by atoms with van der Waals surface area (Å²) in [5, 5.41) is 1.75. The first-order valence-corrected chi connectivity index (χ1v) is 9.05. The summed E-state index contributed by atoms with van der Waals surface area (Å²) in [5.41, 5.74) is 1.81. The van der Waals surface area contributed by atoms with Crippen molar-refractivity contribution in [2.75, 3.05) is 0 Å². The van der Waals surface area contributed by atoms with Gasteiger partial charge in [0, 0.05) is 18.9 Å². The smallest absolute Gasteiger partial charge is 0.250 e. The molecule has 3 aromatic rings. The first-order valence-electron chi connectivity index (χ1n) is 6.69. The van der Waals surface area contributed by atoms with Crippen LogP contribution in [-0.2, 0) is 16.6 Å². The number of aryl methyl sites for hydroxylation is 1. The van der Waals surface area contributed by atoms with E-state index in [1.165, 1.54) is 11.3 Å². The molecule has 5 nitrogen and oxygen atoms in total. The quantitative estimate of drug-likeness (QED) is 0.781. The average molecular weight is 333 g/mol. The summed E-state index contributed by atoms with van der Waals surface area (Å²) in [7, 11) is -3.47. The van der Waals surface area contributed by atoms with Gasteiger partial charge in [-0.15, -0.1) is 11.3 Å². The van der Waals surface area contributed by atoms with Crippen molar-refractivity contribution in [1.29, 1.82) is 0 Å². The maximum absolute atomic E-state index is 12.2. The van der Waals surface area contributed by atoms with E-state index in [1.54, 1.807) is 23.7 Å². The maximum atomic E-state index is 12.2. The highest BCUT2D eigenvalue weighted by molar-refractivity contribution is 7.91. The number of rotatable bonds is 5. The van der Waals surface area contributed by atoms with Gasteiger partial charge in [-0.25, -0.2) is 18.1 Å². The Balaban J connectivity index is 1.87. The Morgan fingerprint density at radius 3 is 2.73 bits per heavy atom. The molecule has 2 heterocycles. The van der Waals surface area contributed by atoms with Crippen LogP contribution in [0, 0.1) is 6.92 Å². The van der Waals surface area contributed by atoms with E-state index in [4.69, 9.17) is 0 Å². The van der Waals surface area contributed by atoms with E-state index in [9.17, 15) is 8.42 Å². The highest BCUT2D eigenvalue weighted by Crippen LogP contribution is 2.19. The zero-order chi connectivity index (χ0) is 15.6. The molecule has 0 spiro atoms. The highest BCUT2D eigenvalue weighted by atomic mass is 32.2. The van der Waals surface area contributed by atoms with Crippen LogP contribution in [0.1, 0.15) is 11.4 Å².